The van der Waals surface area contributed by atoms with Crippen molar-refractivity contribution in [3.8, 4) is 22.4 Å². The molecule has 0 fully saturated rings. The molecule has 0 aliphatic heterocycles. The Bertz CT molecular complexity index is 730. The number of nitrogens with zero attached hydrogens (tertiary/aromatic N) is 2. The second-order valence-electron chi connectivity index (χ2n) is 4.61. The number of nitrogen functional groups attached to an aromatic ring is 1. The molecule has 0 saturated carbocycles. The molecule has 0 bridgehead atoms. The highest BCUT2D eigenvalue weighted by Gasteiger charge is 2.17. The van der Waals surface area contributed by atoms with Gasteiger partial charge in [0.15, 0.2) is 0 Å². The SMILES string of the molecule is Cn1nc(-c2ccccc2)c(-c2ccc(F)cc2)c1N. The number of anilines is 1. The molecule has 2 N–H and O–H groups in total. The van der Waals surface area contributed by atoms with Crippen molar-refractivity contribution in [1.82, 2.24) is 9.78 Å². The Balaban J connectivity index is 2.22. The number of benzene rings is 2. The molecule has 0 spiro atoms. The van der Waals surface area contributed by atoms with Gasteiger partial charge in [0, 0.05) is 12.6 Å². The second kappa shape index (κ2) is 4.81. The van der Waals surface area contributed by atoms with Crippen LogP contribution < -0.4 is 5.73 Å². The number of hydrogen-bond acceptors (Lipinski definition) is 2. The Hall–Kier alpha value is -2.62. The first kappa shape index (κ1) is 12.4. The van der Waals surface area contributed by atoms with Crippen LogP contribution in [0.25, 0.3) is 22.4 Å². The van der Waals surface area contributed by atoms with Gasteiger partial charge in [0.05, 0.1) is 5.56 Å². The van der Waals surface area contributed by atoms with Crippen molar-refractivity contribution in [3.05, 3.63) is 60.4 Å². The van der Waals surface area contributed by atoms with Gasteiger partial charge in [0.2, 0.25) is 0 Å². The van der Waals surface area contributed by atoms with Gasteiger partial charge in [-0.25, -0.2) is 4.39 Å². The van der Waals surface area contributed by atoms with Gasteiger partial charge in [0.25, 0.3) is 0 Å². The van der Waals surface area contributed by atoms with E-state index in [1.54, 1.807) is 23.9 Å². The van der Waals surface area contributed by atoms with E-state index < -0.39 is 0 Å². The summed E-state index contributed by atoms with van der Waals surface area (Å²) in [6.45, 7) is 0. The zero-order chi connectivity index (χ0) is 14.1. The minimum Gasteiger partial charge on any atom is -0.383 e. The van der Waals surface area contributed by atoms with Crippen LogP contribution >= 0.6 is 0 Å². The lowest BCUT2D eigenvalue weighted by Gasteiger charge is -2.04. The van der Waals surface area contributed by atoms with E-state index in [4.69, 9.17) is 5.73 Å². The third-order valence-corrected chi connectivity index (χ3v) is 3.27. The predicted octanol–water partition coefficient (Wildman–Crippen LogP) is 3.48. The molecule has 0 aliphatic rings. The molecular weight excluding hydrogens is 253 g/mol. The van der Waals surface area contributed by atoms with Gasteiger partial charge in [-0.2, -0.15) is 5.10 Å². The van der Waals surface area contributed by atoms with Crippen LogP contribution in [0.5, 0.6) is 0 Å². The summed E-state index contributed by atoms with van der Waals surface area (Å²) in [5, 5.41) is 4.48. The summed E-state index contributed by atoms with van der Waals surface area (Å²) < 4.78 is 14.7. The summed E-state index contributed by atoms with van der Waals surface area (Å²) in [6, 6.07) is 16.1. The molecular formula is C16H14FN3. The van der Waals surface area contributed by atoms with Crippen molar-refractivity contribution in [2.75, 3.05) is 5.73 Å². The number of nitrogens with two attached hydrogens (primary N) is 1. The fraction of sp³-hybridized carbons (Fsp3) is 0.0625. The number of rotatable bonds is 2. The van der Waals surface area contributed by atoms with Crippen LogP contribution in [0.3, 0.4) is 0 Å². The lowest BCUT2D eigenvalue weighted by atomic mass is 10.0. The Morgan fingerprint density at radius 1 is 0.950 bits per heavy atom. The second-order valence-corrected chi connectivity index (χ2v) is 4.61. The molecule has 4 heteroatoms. The number of hydrogen-bond donors (Lipinski definition) is 1. The van der Waals surface area contributed by atoms with E-state index in [1.807, 2.05) is 30.3 Å². The van der Waals surface area contributed by atoms with Crippen LogP contribution in [0.1, 0.15) is 0 Å². The Kier molecular flexibility index (Phi) is 2.99. The molecule has 20 heavy (non-hydrogen) atoms. The third-order valence-electron chi connectivity index (χ3n) is 3.27. The highest BCUT2D eigenvalue weighted by atomic mass is 19.1. The van der Waals surface area contributed by atoms with E-state index in [-0.39, 0.29) is 5.82 Å². The molecule has 3 rings (SSSR count). The summed E-state index contributed by atoms with van der Waals surface area (Å²) in [4.78, 5) is 0. The molecule has 0 aliphatic carbocycles. The van der Waals surface area contributed by atoms with Crippen LogP contribution in [-0.2, 0) is 7.05 Å². The van der Waals surface area contributed by atoms with Crippen LogP contribution in [-0.4, -0.2) is 9.78 Å². The summed E-state index contributed by atoms with van der Waals surface area (Å²) in [6.07, 6.45) is 0. The molecule has 3 aromatic rings. The van der Waals surface area contributed by atoms with Crippen LogP contribution in [0.2, 0.25) is 0 Å². The zero-order valence-electron chi connectivity index (χ0n) is 11.0. The van der Waals surface area contributed by atoms with Crippen molar-refractivity contribution in [1.29, 1.82) is 0 Å². The standard InChI is InChI=1S/C16H14FN3/c1-20-16(18)14(11-7-9-13(17)10-8-11)15(19-20)12-5-3-2-4-6-12/h2-10H,18H2,1H3. The zero-order valence-corrected chi connectivity index (χ0v) is 11.0. The maximum Gasteiger partial charge on any atom is 0.129 e. The number of halogens is 1. The lowest BCUT2D eigenvalue weighted by molar-refractivity contribution is 0.628. The van der Waals surface area contributed by atoms with E-state index in [9.17, 15) is 4.39 Å². The number of aromatic nitrogens is 2. The Morgan fingerprint density at radius 2 is 1.60 bits per heavy atom. The van der Waals surface area contributed by atoms with Gasteiger partial charge in [-0.3, -0.25) is 4.68 Å². The lowest BCUT2D eigenvalue weighted by Crippen LogP contribution is -1.97. The normalized spacial score (nSPS) is 10.7. The van der Waals surface area contributed by atoms with Gasteiger partial charge in [0.1, 0.15) is 17.3 Å². The fourth-order valence-corrected chi connectivity index (χ4v) is 2.24. The molecule has 3 nitrogen and oxygen atoms in total. The topological polar surface area (TPSA) is 43.8 Å². The average molecular weight is 267 g/mol. The predicted molar refractivity (Wildman–Crippen MR) is 78.5 cm³/mol. The van der Waals surface area contributed by atoms with Crippen molar-refractivity contribution >= 4 is 5.82 Å². The molecule has 0 atom stereocenters. The molecule has 0 saturated heterocycles. The van der Waals surface area contributed by atoms with E-state index in [2.05, 4.69) is 5.10 Å². The quantitative estimate of drug-likeness (QED) is 0.772. The highest BCUT2D eigenvalue weighted by Crippen LogP contribution is 2.35. The van der Waals surface area contributed by atoms with Crippen molar-refractivity contribution in [2.45, 2.75) is 0 Å². The van der Waals surface area contributed by atoms with Crippen LogP contribution in [0.4, 0.5) is 10.2 Å². The fourth-order valence-electron chi connectivity index (χ4n) is 2.24. The maximum atomic E-state index is 13.1. The molecule has 0 amide bonds. The van der Waals surface area contributed by atoms with Crippen LogP contribution in [0, 0.1) is 5.82 Å². The largest absolute Gasteiger partial charge is 0.383 e. The van der Waals surface area contributed by atoms with Gasteiger partial charge in [-0.1, -0.05) is 42.5 Å². The van der Waals surface area contributed by atoms with Gasteiger partial charge in [-0.15, -0.1) is 0 Å². The molecule has 1 aromatic heterocycles. The first-order valence-corrected chi connectivity index (χ1v) is 6.30. The monoisotopic (exact) mass is 267 g/mol. The number of aryl methyl sites for hydroxylation is 1. The van der Waals surface area contributed by atoms with Crippen molar-refractivity contribution < 1.29 is 4.39 Å². The van der Waals surface area contributed by atoms with E-state index in [0.29, 0.717) is 5.82 Å². The summed E-state index contributed by atoms with van der Waals surface area (Å²) >= 11 is 0. The molecule has 1 heterocycles. The third kappa shape index (κ3) is 2.05. The van der Waals surface area contributed by atoms with Crippen molar-refractivity contribution in [2.24, 2.45) is 7.05 Å². The summed E-state index contributed by atoms with van der Waals surface area (Å²) in [5.74, 6) is 0.299. The van der Waals surface area contributed by atoms with Gasteiger partial charge >= 0.3 is 0 Å². The minimum atomic E-state index is -0.266. The summed E-state index contributed by atoms with van der Waals surface area (Å²) in [7, 11) is 1.80. The molecule has 0 unspecified atom stereocenters. The average Bonchev–Trinajstić information content (AvgIpc) is 2.77. The Labute approximate surface area is 116 Å². The molecule has 100 valence electrons. The van der Waals surface area contributed by atoms with E-state index in [0.717, 1.165) is 22.4 Å². The maximum absolute atomic E-state index is 13.1. The first-order chi connectivity index (χ1) is 9.66. The highest BCUT2D eigenvalue weighted by molar-refractivity contribution is 5.88. The van der Waals surface area contributed by atoms with Crippen molar-refractivity contribution in [3.63, 3.8) is 0 Å². The van der Waals surface area contributed by atoms with E-state index in [1.165, 1.54) is 12.1 Å². The van der Waals surface area contributed by atoms with Crippen LogP contribution in [0.15, 0.2) is 54.6 Å². The minimum absolute atomic E-state index is 0.266. The van der Waals surface area contributed by atoms with E-state index >= 15 is 0 Å². The Morgan fingerprint density at radius 3 is 2.25 bits per heavy atom. The van der Waals surface area contributed by atoms with Gasteiger partial charge in [-0.05, 0) is 17.7 Å². The molecule has 0 radical (unpaired) electrons. The first-order valence-electron chi connectivity index (χ1n) is 6.30. The van der Waals surface area contributed by atoms with Gasteiger partial charge < -0.3 is 5.73 Å². The summed E-state index contributed by atoms with van der Waals surface area (Å²) in [5.41, 5.74) is 9.60. The molecule has 2 aromatic carbocycles. The smallest absolute Gasteiger partial charge is 0.129 e.